The maximum atomic E-state index is 13.0. The van der Waals surface area contributed by atoms with Crippen LogP contribution in [0.2, 0.25) is 0 Å². The number of piperidine rings is 1. The Morgan fingerprint density at radius 2 is 1.79 bits per heavy atom. The number of nitrogens with zero attached hydrogens (tertiary/aromatic N) is 3. The van der Waals surface area contributed by atoms with Gasteiger partial charge in [0.25, 0.3) is 5.56 Å². The van der Waals surface area contributed by atoms with Gasteiger partial charge in [-0.15, -0.1) is 0 Å². The first-order chi connectivity index (χ1) is 16.0. The van der Waals surface area contributed by atoms with E-state index in [9.17, 15) is 14.4 Å². The molecule has 1 aromatic heterocycles. The van der Waals surface area contributed by atoms with Gasteiger partial charge in [0, 0.05) is 43.2 Å². The van der Waals surface area contributed by atoms with Crippen LogP contribution in [0.1, 0.15) is 18.5 Å². The summed E-state index contributed by atoms with van der Waals surface area (Å²) in [7, 11) is 1.59. The number of carbonyl (C=O) groups is 2. The van der Waals surface area contributed by atoms with Gasteiger partial charge in [0.1, 0.15) is 0 Å². The number of aryl methyl sites for hydroxylation is 1. The second-order valence-corrected chi connectivity index (χ2v) is 8.31. The highest BCUT2D eigenvalue weighted by atomic mass is 16.7. The zero-order valence-electron chi connectivity index (χ0n) is 18.2. The molecule has 3 heterocycles. The van der Waals surface area contributed by atoms with E-state index < -0.39 is 0 Å². The summed E-state index contributed by atoms with van der Waals surface area (Å²) in [5, 5.41) is 8.51. The number of amides is 2. The highest BCUT2D eigenvalue weighted by Crippen LogP contribution is 2.34. The van der Waals surface area contributed by atoms with Crippen LogP contribution in [0.5, 0.6) is 11.5 Å². The molecule has 1 fully saturated rings. The van der Waals surface area contributed by atoms with Crippen LogP contribution in [0, 0.1) is 5.92 Å². The summed E-state index contributed by atoms with van der Waals surface area (Å²) in [6, 6.07) is 12.5. The molecule has 0 unspecified atom stereocenters. The molecular formula is C24H24N4O5. The summed E-state index contributed by atoms with van der Waals surface area (Å²) >= 11 is 0. The van der Waals surface area contributed by atoms with Crippen molar-refractivity contribution in [2.24, 2.45) is 13.0 Å². The molecule has 1 saturated heterocycles. The van der Waals surface area contributed by atoms with E-state index in [1.165, 1.54) is 4.68 Å². The SMILES string of the molecule is Cn1nc(CC(=O)N2CCC(C(=O)Nc3ccc4c(c3)OCO4)CC2)c2ccccc2c1=O. The molecule has 170 valence electrons. The molecule has 1 N–H and O–H groups in total. The fourth-order valence-electron chi connectivity index (χ4n) is 4.37. The standard InChI is InChI=1S/C24H24N4O5/c1-27-24(31)18-5-3-2-4-17(18)19(26-27)13-22(29)28-10-8-15(9-11-28)23(30)25-16-6-7-20-21(12-16)33-14-32-20/h2-7,12,15H,8-11,13-14H2,1H3,(H,25,30). The van der Waals surface area contributed by atoms with Crippen LogP contribution in [0.3, 0.4) is 0 Å². The van der Waals surface area contributed by atoms with Gasteiger partial charge >= 0.3 is 0 Å². The maximum absolute atomic E-state index is 13.0. The van der Waals surface area contributed by atoms with E-state index in [1.54, 1.807) is 42.3 Å². The Hall–Kier alpha value is -3.88. The van der Waals surface area contributed by atoms with Gasteiger partial charge < -0.3 is 19.7 Å². The predicted molar refractivity (Wildman–Crippen MR) is 121 cm³/mol. The van der Waals surface area contributed by atoms with E-state index in [0.717, 1.165) is 0 Å². The number of anilines is 1. The molecular weight excluding hydrogens is 424 g/mol. The molecule has 2 amide bonds. The summed E-state index contributed by atoms with van der Waals surface area (Å²) in [6.07, 6.45) is 1.29. The van der Waals surface area contributed by atoms with Crippen LogP contribution in [0.25, 0.3) is 10.8 Å². The van der Waals surface area contributed by atoms with E-state index in [2.05, 4.69) is 10.4 Å². The van der Waals surface area contributed by atoms with Crippen LogP contribution in [-0.2, 0) is 23.1 Å². The minimum atomic E-state index is -0.184. The molecule has 0 radical (unpaired) electrons. The number of rotatable bonds is 4. The number of aromatic nitrogens is 2. The third kappa shape index (κ3) is 4.13. The number of hydrogen-bond acceptors (Lipinski definition) is 6. The van der Waals surface area contributed by atoms with Gasteiger partial charge in [-0.3, -0.25) is 14.4 Å². The van der Waals surface area contributed by atoms with Gasteiger partial charge in [-0.25, -0.2) is 4.68 Å². The molecule has 0 atom stereocenters. The average Bonchev–Trinajstić information content (AvgIpc) is 3.30. The third-order valence-corrected chi connectivity index (χ3v) is 6.21. The Labute approximate surface area is 189 Å². The monoisotopic (exact) mass is 448 g/mol. The van der Waals surface area contributed by atoms with Crippen molar-refractivity contribution >= 4 is 28.3 Å². The molecule has 2 aromatic carbocycles. The smallest absolute Gasteiger partial charge is 0.274 e. The number of fused-ring (bicyclic) bond motifs is 2. The Balaban J connectivity index is 1.20. The molecule has 9 nitrogen and oxygen atoms in total. The van der Waals surface area contributed by atoms with E-state index in [1.807, 2.05) is 12.1 Å². The fraction of sp³-hybridized carbons (Fsp3) is 0.333. The van der Waals surface area contributed by atoms with E-state index in [-0.39, 0.29) is 36.5 Å². The lowest BCUT2D eigenvalue weighted by molar-refractivity contribution is -0.133. The van der Waals surface area contributed by atoms with Gasteiger partial charge in [0.05, 0.1) is 17.5 Å². The van der Waals surface area contributed by atoms with Crippen molar-refractivity contribution in [3.05, 3.63) is 58.5 Å². The molecule has 9 heteroatoms. The fourth-order valence-corrected chi connectivity index (χ4v) is 4.37. The van der Waals surface area contributed by atoms with E-state index in [0.29, 0.717) is 59.6 Å². The first-order valence-electron chi connectivity index (χ1n) is 10.9. The van der Waals surface area contributed by atoms with Crippen LogP contribution >= 0.6 is 0 Å². The summed E-state index contributed by atoms with van der Waals surface area (Å²) in [5.74, 6) is 0.997. The minimum absolute atomic E-state index is 0.0547. The molecule has 5 rings (SSSR count). The number of benzene rings is 2. The lowest BCUT2D eigenvalue weighted by Gasteiger charge is -2.31. The van der Waals surface area contributed by atoms with Gasteiger partial charge in [-0.2, -0.15) is 5.10 Å². The van der Waals surface area contributed by atoms with Crippen molar-refractivity contribution < 1.29 is 19.1 Å². The van der Waals surface area contributed by atoms with Crippen molar-refractivity contribution in [1.82, 2.24) is 14.7 Å². The van der Waals surface area contributed by atoms with Gasteiger partial charge in [-0.1, -0.05) is 18.2 Å². The predicted octanol–water partition coefficient (Wildman–Crippen LogP) is 2.08. The van der Waals surface area contributed by atoms with E-state index in [4.69, 9.17) is 9.47 Å². The summed E-state index contributed by atoms with van der Waals surface area (Å²) in [4.78, 5) is 39.8. The van der Waals surface area contributed by atoms with Gasteiger partial charge in [0.15, 0.2) is 11.5 Å². The van der Waals surface area contributed by atoms with Crippen LogP contribution in [0.4, 0.5) is 5.69 Å². The van der Waals surface area contributed by atoms with Crippen molar-refractivity contribution in [2.75, 3.05) is 25.2 Å². The highest BCUT2D eigenvalue weighted by Gasteiger charge is 2.28. The molecule has 0 bridgehead atoms. The lowest BCUT2D eigenvalue weighted by atomic mass is 9.95. The second kappa shape index (κ2) is 8.57. The quantitative estimate of drug-likeness (QED) is 0.656. The van der Waals surface area contributed by atoms with Crippen LogP contribution < -0.4 is 20.3 Å². The number of likely N-dealkylation sites (tertiary alicyclic amines) is 1. The van der Waals surface area contributed by atoms with E-state index >= 15 is 0 Å². The van der Waals surface area contributed by atoms with Gasteiger partial charge in [0.2, 0.25) is 18.6 Å². The van der Waals surface area contributed by atoms with Gasteiger partial charge in [-0.05, 0) is 31.0 Å². The van der Waals surface area contributed by atoms with Crippen molar-refractivity contribution in [3.8, 4) is 11.5 Å². The Bertz CT molecular complexity index is 1290. The molecule has 3 aromatic rings. The molecule has 2 aliphatic rings. The first-order valence-corrected chi connectivity index (χ1v) is 10.9. The third-order valence-electron chi connectivity index (χ3n) is 6.21. The normalized spacial score (nSPS) is 15.6. The Morgan fingerprint density at radius 3 is 2.58 bits per heavy atom. The molecule has 0 spiro atoms. The number of hydrogen-bond donors (Lipinski definition) is 1. The maximum Gasteiger partial charge on any atom is 0.274 e. The average molecular weight is 448 g/mol. The first kappa shape index (κ1) is 21.0. The number of carbonyl (C=O) groups excluding carboxylic acids is 2. The topological polar surface area (TPSA) is 103 Å². The molecule has 33 heavy (non-hydrogen) atoms. The zero-order chi connectivity index (χ0) is 22.9. The lowest BCUT2D eigenvalue weighted by Crippen LogP contribution is -2.42. The zero-order valence-corrected chi connectivity index (χ0v) is 18.2. The Kier molecular flexibility index (Phi) is 5.45. The molecule has 0 saturated carbocycles. The highest BCUT2D eigenvalue weighted by molar-refractivity contribution is 5.93. The molecule has 2 aliphatic heterocycles. The molecule has 0 aliphatic carbocycles. The van der Waals surface area contributed by atoms with Crippen molar-refractivity contribution in [3.63, 3.8) is 0 Å². The number of ether oxygens (including phenoxy) is 2. The number of nitrogens with one attached hydrogen (secondary N) is 1. The Morgan fingerprint density at radius 1 is 1.06 bits per heavy atom. The van der Waals surface area contributed by atoms with Crippen molar-refractivity contribution in [2.45, 2.75) is 19.3 Å². The minimum Gasteiger partial charge on any atom is -0.454 e. The van der Waals surface area contributed by atoms with Crippen molar-refractivity contribution in [1.29, 1.82) is 0 Å². The largest absolute Gasteiger partial charge is 0.454 e. The summed E-state index contributed by atoms with van der Waals surface area (Å²) < 4.78 is 11.9. The second-order valence-electron chi connectivity index (χ2n) is 8.31. The summed E-state index contributed by atoms with van der Waals surface area (Å²) in [6.45, 7) is 1.19. The van der Waals surface area contributed by atoms with Crippen LogP contribution in [0.15, 0.2) is 47.3 Å². The van der Waals surface area contributed by atoms with Crippen LogP contribution in [-0.4, -0.2) is 46.4 Å². The summed E-state index contributed by atoms with van der Waals surface area (Å²) in [5.41, 5.74) is 1.06.